The van der Waals surface area contributed by atoms with Crippen molar-refractivity contribution in [1.82, 2.24) is 24.9 Å². The largest absolute Gasteiger partial charge is 0.464 e. The number of anilines is 2. The lowest BCUT2D eigenvalue weighted by molar-refractivity contribution is 0.308. The molecule has 0 saturated heterocycles. The maximum Gasteiger partial charge on any atom is 0.322 e. The van der Waals surface area contributed by atoms with Crippen LogP contribution in [0.3, 0.4) is 0 Å². The molecule has 19 heavy (non-hydrogen) atoms. The minimum atomic E-state index is -0.359. The average Bonchev–Trinajstić information content (AvgIpc) is 2.26. The highest BCUT2D eigenvalue weighted by atomic mass is 32.2. The van der Waals surface area contributed by atoms with E-state index in [1.165, 1.54) is 6.07 Å². The number of ether oxygens (including phenoxy) is 1. The van der Waals surface area contributed by atoms with Crippen molar-refractivity contribution in [2.24, 2.45) is 0 Å². The molecule has 0 spiro atoms. The molecule has 0 radical (unpaired) electrons. The van der Waals surface area contributed by atoms with E-state index in [-0.39, 0.29) is 33.6 Å². The predicted octanol–water partition coefficient (Wildman–Crippen LogP) is -0.331. The summed E-state index contributed by atoms with van der Waals surface area (Å²) in [6.07, 6.45) is 0. The van der Waals surface area contributed by atoms with E-state index in [2.05, 4.69) is 24.9 Å². The van der Waals surface area contributed by atoms with E-state index in [0.29, 0.717) is 6.61 Å². The van der Waals surface area contributed by atoms with Crippen LogP contribution >= 0.6 is 11.8 Å². The molecular formula is C9H11N7O2S. The third kappa shape index (κ3) is 3.55. The zero-order chi connectivity index (χ0) is 13.8. The number of nitrogens with zero attached hydrogens (tertiary/aromatic N) is 4. The molecule has 0 unspecified atom stereocenters. The van der Waals surface area contributed by atoms with Crippen molar-refractivity contribution < 1.29 is 4.74 Å². The molecular weight excluding hydrogens is 270 g/mol. The number of hydrogen-bond donors (Lipinski definition) is 3. The van der Waals surface area contributed by atoms with E-state index < -0.39 is 0 Å². The first-order valence-electron chi connectivity index (χ1n) is 5.26. The second kappa shape index (κ2) is 5.52. The van der Waals surface area contributed by atoms with Crippen LogP contribution in [0, 0.1) is 0 Å². The summed E-state index contributed by atoms with van der Waals surface area (Å²) in [5.74, 6) is 0.130. The quantitative estimate of drug-likeness (QED) is 0.641. The summed E-state index contributed by atoms with van der Waals surface area (Å²) in [5, 5.41) is 0.516. The second-order valence-corrected chi connectivity index (χ2v) is 4.23. The molecule has 0 aliphatic rings. The molecule has 2 rings (SSSR count). The third-order valence-corrected chi connectivity index (χ3v) is 2.56. The Kier molecular flexibility index (Phi) is 3.80. The maximum absolute atomic E-state index is 11.2. The topological polar surface area (TPSA) is 146 Å². The monoisotopic (exact) mass is 281 g/mol. The van der Waals surface area contributed by atoms with Crippen LogP contribution in [0.5, 0.6) is 6.01 Å². The molecule has 0 saturated carbocycles. The first kappa shape index (κ1) is 13.1. The molecule has 9 nitrogen and oxygen atoms in total. The summed E-state index contributed by atoms with van der Waals surface area (Å²) < 4.78 is 5.14. The lowest BCUT2D eigenvalue weighted by Gasteiger charge is -2.04. The molecule has 0 amide bonds. The highest BCUT2D eigenvalue weighted by Gasteiger charge is 2.09. The van der Waals surface area contributed by atoms with Gasteiger partial charge in [0.1, 0.15) is 5.82 Å². The zero-order valence-electron chi connectivity index (χ0n) is 9.95. The Labute approximate surface area is 111 Å². The van der Waals surface area contributed by atoms with Crippen LogP contribution in [-0.4, -0.2) is 31.5 Å². The highest BCUT2D eigenvalue weighted by molar-refractivity contribution is 7.99. The van der Waals surface area contributed by atoms with Gasteiger partial charge in [-0.2, -0.15) is 15.0 Å². The lowest BCUT2D eigenvalue weighted by Crippen LogP contribution is -2.10. The number of aromatic nitrogens is 5. The summed E-state index contributed by atoms with van der Waals surface area (Å²) in [5.41, 5.74) is 10.6. The number of rotatable bonds is 4. The molecule has 10 heteroatoms. The normalized spacial score (nSPS) is 10.4. The number of hydrogen-bond acceptors (Lipinski definition) is 9. The molecule has 0 bridgehead atoms. The molecule has 2 aromatic heterocycles. The van der Waals surface area contributed by atoms with Gasteiger partial charge in [0.25, 0.3) is 5.56 Å². The summed E-state index contributed by atoms with van der Waals surface area (Å²) in [6.45, 7) is 2.20. The van der Waals surface area contributed by atoms with Crippen LogP contribution in [0.15, 0.2) is 21.2 Å². The van der Waals surface area contributed by atoms with Crippen molar-refractivity contribution in [1.29, 1.82) is 0 Å². The highest BCUT2D eigenvalue weighted by Crippen LogP contribution is 2.22. The van der Waals surface area contributed by atoms with Crippen molar-refractivity contribution in [3.63, 3.8) is 0 Å². The molecule has 0 aromatic carbocycles. The van der Waals surface area contributed by atoms with E-state index in [4.69, 9.17) is 16.2 Å². The third-order valence-electron chi connectivity index (χ3n) is 1.81. The number of nitrogens with one attached hydrogen (secondary N) is 1. The zero-order valence-corrected chi connectivity index (χ0v) is 10.8. The van der Waals surface area contributed by atoms with Crippen LogP contribution in [0.4, 0.5) is 11.8 Å². The number of aromatic amines is 1. The number of H-pyrrole nitrogens is 1. The predicted molar refractivity (Wildman–Crippen MR) is 68.8 cm³/mol. The minimum absolute atomic E-state index is 0.0206. The first-order chi connectivity index (χ1) is 9.06. The minimum Gasteiger partial charge on any atom is -0.464 e. The van der Waals surface area contributed by atoms with Gasteiger partial charge >= 0.3 is 6.01 Å². The Balaban J connectivity index is 2.29. The fourth-order valence-corrected chi connectivity index (χ4v) is 1.92. The van der Waals surface area contributed by atoms with Crippen molar-refractivity contribution in [2.75, 3.05) is 18.1 Å². The summed E-state index contributed by atoms with van der Waals surface area (Å²) >= 11 is 1.00. The van der Waals surface area contributed by atoms with Crippen LogP contribution in [0.1, 0.15) is 6.92 Å². The van der Waals surface area contributed by atoms with Gasteiger partial charge in [-0.3, -0.25) is 4.79 Å². The SMILES string of the molecule is CCOc1nc(N)nc(Sc2nc(N)cc(=O)[nH]2)n1. The van der Waals surface area contributed by atoms with Gasteiger partial charge in [-0.1, -0.05) is 0 Å². The van der Waals surface area contributed by atoms with Gasteiger partial charge in [0.05, 0.1) is 6.61 Å². The van der Waals surface area contributed by atoms with Crippen molar-refractivity contribution in [3.05, 3.63) is 16.4 Å². The molecule has 0 aliphatic heterocycles. The number of nitrogens with two attached hydrogens (primary N) is 2. The van der Waals surface area contributed by atoms with Gasteiger partial charge in [0.15, 0.2) is 5.16 Å². The Morgan fingerprint density at radius 1 is 1.32 bits per heavy atom. The average molecular weight is 281 g/mol. The summed E-state index contributed by atoms with van der Waals surface area (Å²) in [6, 6.07) is 1.29. The van der Waals surface area contributed by atoms with Crippen molar-refractivity contribution >= 4 is 23.5 Å². The van der Waals surface area contributed by atoms with E-state index in [0.717, 1.165) is 11.8 Å². The summed E-state index contributed by atoms with van der Waals surface area (Å²) in [7, 11) is 0. The molecule has 0 aliphatic carbocycles. The molecule has 2 heterocycles. The van der Waals surface area contributed by atoms with Crippen LogP contribution in [0.25, 0.3) is 0 Å². The van der Waals surface area contributed by atoms with E-state index in [1.54, 1.807) is 6.92 Å². The second-order valence-electron chi connectivity index (χ2n) is 3.27. The van der Waals surface area contributed by atoms with Gasteiger partial charge in [0, 0.05) is 6.07 Å². The lowest BCUT2D eigenvalue weighted by atomic mass is 10.6. The fraction of sp³-hybridized carbons (Fsp3) is 0.222. The smallest absolute Gasteiger partial charge is 0.322 e. The van der Waals surface area contributed by atoms with Gasteiger partial charge in [-0.15, -0.1) is 0 Å². The Morgan fingerprint density at radius 2 is 2.11 bits per heavy atom. The van der Waals surface area contributed by atoms with Crippen molar-refractivity contribution in [2.45, 2.75) is 17.2 Å². The molecule has 2 aromatic rings. The molecule has 0 fully saturated rings. The van der Waals surface area contributed by atoms with Crippen LogP contribution < -0.4 is 21.8 Å². The van der Waals surface area contributed by atoms with Gasteiger partial charge in [-0.25, -0.2) is 4.98 Å². The van der Waals surface area contributed by atoms with Crippen LogP contribution in [-0.2, 0) is 0 Å². The van der Waals surface area contributed by atoms with E-state index in [9.17, 15) is 4.79 Å². The van der Waals surface area contributed by atoms with Crippen molar-refractivity contribution in [3.8, 4) is 6.01 Å². The van der Waals surface area contributed by atoms with Gasteiger partial charge in [0.2, 0.25) is 11.1 Å². The van der Waals surface area contributed by atoms with Crippen LogP contribution in [0.2, 0.25) is 0 Å². The Hall–Kier alpha value is -2.36. The van der Waals surface area contributed by atoms with E-state index in [1.807, 2.05) is 0 Å². The molecule has 100 valence electrons. The molecule has 0 atom stereocenters. The van der Waals surface area contributed by atoms with Gasteiger partial charge in [-0.05, 0) is 18.7 Å². The Morgan fingerprint density at radius 3 is 2.79 bits per heavy atom. The van der Waals surface area contributed by atoms with Gasteiger partial charge < -0.3 is 21.2 Å². The Bertz CT molecular complexity index is 645. The standard InChI is InChI=1S/C9H11N7O2S/c1-2-18-7-14-6(11)15-9(16-7)19-8-12-4(10)3-5(17)13-8/h3H,2H2,1H3,(H3,10,12,13,17)(H2,11,14,15,16). The van der Waals surface area contributed by atoms with E-state index >= 15 is 0 Å². The first-order valence-corrected chi connectivity index (χ1v) is 6.07. The number of nitrogen functional groups attached to an aromatic ring is 2. The molecule has 5 N–H and O–H groups in total. The maximum atomic E-state index is 11.2. The summed E-state index contributed by atoms with van der Waals surface area (Å²) in [4.78, 5) is 29.4. The fourth-order valence-electron chi connectivity index (χ4n) is 1.18.